The van der Waals surface area contributed by atoms with Crippen LogP contribution in [0, 0.1) is 0 Å². The van der Waals surface area contributed by atoms with Crippen LogP contribution in [0.3, 0.4) is 0 Å². The molecule has 0 saturated carbocycles. The van der Waals surface area contributed by atoms with Crippen LogP contribution in [0.5, 0.6) is 0 Å². The number of benzene rings is 3. The van der Waals surface area contributed by atoms with Gasteiger partial charge in [0.15, 0.2) is 16.8 Å². The maximum Gasteiger partial charge on any atom is 0.234 e. The van der Waals surface area contributed by atoms with Gasteiger partial charge in [-0.2, -0.15) is 0 Å². The Hall–Kier alpha value is -4.56. The van der Waals surface area contributed by atoms with Gasteiger partial charge in [-0.05, 0) is 43.3 Å². The lowest BCUT2D eigenvalue weighted by Gasteiger charge is -2.12. The fourth-order valence-corrected chi connectivity index (χ4v) is 4.87. The summed E-state index contributed by atoms with van der Waals surface area (Å²) >= 11 is 1.30. The predicted molar refractivity (Wildman–Crippen MR) is 152 cm³/mol. The summed E-state index contributed by atoms with van der Waals surface area (Å²) in [5, 5.41) is 13.4. The van der Waals surface area contributed by atoms with Gasteiger partial charge in [-0.3, -0.25) is 14.2 Å². The van der Waals surface area contributed by atoms with Crippen LogP contribution in [-0.2, 0) is 11.3 Å². The maximum absolute atomic E-state index is 12.6. The Kier molecular flexibility index (Phi) is 7.42. The second-order valence-corrected chi connectivity index (χ2v) is 9.56. The van der Waals surface area contributed by atoms with E-state index in [2.05, 4.69) is 22.1 Å². The van der Waals surface area contributed by atoms with Gasteiger partial charge in [0.05, 0.1) is 17.0 Å². The molecule has 0 bridgehead atoms. The number of hydrogen-bond donors (Lipinski definition) is 1. The van der Waals surface area contributed by atoms with Crippen LogP contribution in [-0.4, -0.2) is 37.2 Å². The quantitative estimate of drug-likeness (QED) is 0.140. The van der Waals surface area contributed by atoms with Gasteiger partial charge in [0.2, 0.25) is 5.91 Å². The van der Waals surface area contributed by atoms with Gasteiger partial charge in [-0.15, -0.1) is 16.8 Å². The average molecular weight is 520 g/mol. The van der Waals surface area contributed by atoms with Crippen LogP contribution in [0.1, 0.15) is 17.3 Å². The van der Waals surface area contributed by atoms with E-state index in [4.69, 9.17) is 4.98 Å². The number of allylic oxidation sites excluding steroid dienone is 1. The summed E-state index contributed by atoms with van der Waals surface area (Å²) in [4.78, 5) is 29.0. The van der Waals surface area contributed by atoms with Crippen molar-refractivity contribution in [2.24, 2.45) is 0 Å². The minimum Gasteiger partial charge on any atom is -0.325 e. The number of thioether (sulfide) groups is 1. The first-order chi connectivity index (χ1) is 18.5. The number of nitrogens with zero attached hydrogens (tertiary/aromatic N) is 4. The molecule has 5 aromatic rings. The van der Waals surface area contributed by atoms with Gasteiger partial charge in [-0.25, -0.2) is 4.98 Å². The molecule has 3 aromatic carbocycles. The lowest BCUT2D eigenvalue weighted by atomic mass is 10.0. The molecule has 1 amide bonds. The standard InChI is InChI=1S/C30H25N5O2S/c1-3-17-35-29(25-18-27(22-9-5-4-6-10-22)32-26-12-8-7-11-24(25)26)33-34-30(35)38-19-28(37)31-23-15-13-21(14-16-23)20(2)36/h3-16,18H,1,17,19H2,2H3,(H,31,37). The number of Topliss-reactive ketones (excluding diaryl/α,β-unsaturated/α-hetero) is 1. The summed E-state index contributed by atoms with van der Waals surface area (Å²) in [6, 6.07) is 26.8. The highest BCUT2D eigenvalue weighted by molar-refractivity contribution is 7.99. The van der Waals surface area contributed by atoms with Gasteiger partial charge in [-0.1, -0.05) is 66.4 Å². The van der Waals surface area contributed by atoms with Crippen LogP contribution in [0.2, 0.25) is 0 Å². The second kappa shape index (κ2) is 11.2. The van der Waals surface area contributed by atoms with Crippen molar-refractivity contribution in [3.05, 3.63) is 103 Å². The number of amides is 1. The zero-order valence-corrected chi connectivity index (χ0v) is 21.6. The minimum absolute atomic E-state index is 0.0198. The number of para-hydroxylation sites is 1. The van der Waals surface area contributed by atoms with Gasteiger partial charge in [0, 0.05) is 34.3 Å². The van der Waals surface area contributed by atoms with Gasteiger partial charge < -0.3 is 5.32 Å². The highest BCUT2D eigenvalue weighted by Gasteiger charge is 2.19. The monoisotopic (exact) mass is 519 g/mol. The van der Waals surface area contributed by atoms with Crippen molar-refractivity contribution in [1.82, 2.24) is 19.7 Å². The maximum atomic E-state index is 12.6. The van der Waals surface area contributed by atoms with Gasteiger partial charge in [0.25, 0.3) is 0 Å². The summed E-state index contributed by atoms with van der Waals surface area (Å²) in [5.74, 6) is 0.633. The zero-order valence-electron chi connectivity index (χ0n) is 20.8. The summed E-state index contributed by atoms with van der Waals surface area (Å²) in [6.07, 6.45) is 1.79. The molecule has 0 aliphatic rings. The molecule has 38 heavy (non-hydrogen) atoms. The summed E-state index contributed by atoms with van der Waals surface area (Å²) in [6.45, 7) is 5.90. The Balaban J connectivity index is 1.43. The van der Waals surface area contributed by atoms with E-state index in [-0.39, 0.29) is 17.4 Å². The molecule has 0 aliphatic heterocycles. The van der Waals surface area contributed by atoms with Crippen LogP contribution < -0.4 is 5.32 Å². The summed E-state index contributed by atoms with van der Waals surface area (Å²) < 4.78 is 1.96. The van der Waals surface area contributed by atoms with Crippen molar-refractivity contribution < 1.29 is 9.59 Å². The number of fused-ring (bicyclic) bond motifs is 1. The molecule has 0 radical (unpaired) electrons. The van der Waals surface area contributed by atoms with E-state index in [9.17, 15) is 9.59 Å². The van der Waals surface area contributed by atoms with Crippen LogP contribution in [0.25, 0.3) is 33.5 Å². The van der Waals surface area contributed by atoms with E-state index < -0.39 is 0 Å². The first-order valence-corrected chi connectivity index (χ1v) is 13.1. The lowest BCUT2D eigenvalue weighted by molar-refractivity contribution is -0.113. The highest BCUT2D eigenvalue weighted by Crippen LogP contribution is 2.33. The molecule has 7 nitrogen and oxygen atoms in total. The molecular formula is C30H25N5O2S. The van der Waals surface area contributed by atoms with E-state index in [1.165, 1.54) is 18.7 Å². The van der Waals surface area contributed by atoms with Gasteiger partial charge >= 0.3 is 0 Å². The molecule has 0 saturated heterocycles. The number of carbonyl (C=O) groups is 2. The van der Waals surface area contributed by atoms with E-state index in [0.717, 1.165) is 27.7 Å². The largest absolute Gasteiger partial charge is 0.325 e. The number of rotatable bonds is 9. The van der Waals surface area contributed by atoms with E-state index in [0.29, 0.717) is 28.8 Å². The Morgan fingerprint density at radius 3 is 2.45 bits per heavy atom. The first-order valence-electron chi connectivity index (χ1n) is 12.1. The second-order valence-electron chi connectivity index (χ2n) is 8.61. The number of ketones is 1. The van der Waals surface area contributed by atoms with Crippen molar-refractivity contribution in [1.29, 1.82) is 0 Å². The Labute approximate surface area is 224 Å². The number of carbonyl (C=O) groups excluding carboxylic acids is 2. The molecule has 0 unspecified atom stereocenters. The van der Waals surface area contributed by atoms with Crippen molar-refractivity contribution in [3.8, 4) is 22.6 Å². The molecule has 2 heterocycles. The van der Waals surface area contributed by atoms with Crippen molar-refractivity contribution in [2.75, 3.05) is 11.1 Å². The first kappa shape index (κ1) is 25.1. The predicted octanol–water partition coefficient (Wildman–Crippen LogP) is 6.28. The van der Waals surface area contributed by atoms with Crippen LogP contribution in [0.4, 0.5) is 5.69 Å². The van der Waals surface area contributed by atoms with Crippen molar-refractivity contribution in [3.63, 3.8) is 0 Å². The smallest absolute Gasteiger partial charge is 0.234 e. The third-order valence-corrected chi connectivity index (χ3v) is 6.93. The molecule has 188 valence electrons. The molecule has 5 rings (SSSR count). The summed E-state index contributed by atoms with van der Waals surface area (Å²) in [7, 11) is 0. The number of pyridine rings is 1. The van der Waals surface area contributed by atoms with Crippen molar-refractivity contribution in [2.45, 2.75) is 18.6 Å². The van der Waals surface area contributed by atoms with Gasteiger partial charge in [0.1, 0.15) is 0 Å². The number of aromatic nitrogens is 4. The lowest BCUT2D eigenvalue weighted by Crippen LogP contribution is -2.14. The molecule has 8 heteroatoms. The third kappa shape index (κ3) is 5.40. The molecule has 0 fully saturated rings. The fourth-order valence-electron chi connectivity index (χ4n) is 4.12. The van der Waals surface area contributed by atoms with E-state index >= 15 is 0 Å². The zero-order chi connectivity index (χ0) is 26.5. The number of hydrogen-bond acceptors (Lipinski definition) is 6. The highest BCUT2D eigenvalue weighted by atomic mass is 32.2. The SMILES string of the molecule is C=CCn1c(SCC(=O)Nc2ccc(C(C)=O)cc2)nnc1-c1cc(-c2ccccc2)nc2ccccc12. The topological polar surface area (TPSA) is 89.8 Å². The number of nitrogens with one attached hydrogen (secondary N) is 1. The molecule has 0 spiro atoms. The minimum atomic E-state index is -0.180. The molecular weight excluding hydrogens is 494 g/mol. The van der Waals surface area contributed by atoms with Crippen LogP contribution in [0.15, 0.2) is 103 Å². The van der Waals surface area contributed by atoms with Crippen molar-refractivity contribution >= 4 is 40.0 Å². The molecule has 1 N–H and O–H groups in total. The Morgan fingerprint density at radius 1 is 0.974 bits per heavy atom. The summed E-state index contributed by atoms with van der Waals surface area (Å²) in [5.41, 5.74) is 4.85. The normalized spacial score (nSPS) is 10.9. The fraction of sp³-hybridized carbons (Fsp3) is 0.100. The molecule has 0 atom stereocenters. The Morgan fingerprint density at radius 2 is 1.71 bits per heavy atom. The molecule has 0 aliphatic carbocycles. The van der Waals surface area contributed by atoms with Crippen LogP contribution >= 0.6 is 11.8 Å². The third-order valence-electron chi connectivity index (χ3n) is 5.96. The average Bonchev–Trinajstić information content (AvgIpc) is 3.34. The number of anilines is 1. The Bertz CT molecular complexity index is 1630. The van der Waals surface area contributed by atoms with E-state index in [1.54, 1.807) is 30.3 Å². The molecule has 2 aromatic heterocycles. The van der Waals surface area contributed by atoms with E-state index in [1.807, 2.05) is 65.2 Å².